The summed E-state index contributed by atoms with van der Waals surface area (Å²) in [4.78, 5) is 14.2. The molecule has 16 heavy (non-hydrogen) atoms. The third kappa shape index (κ3) is 2.40. The van der Waals surface area contributed by atoms with E-state index in [4.69, 9.17) is 14.3 Å². The Bertz CT molecular complexity index is 523. The molecule has 0 fully saturated rings. The second-order valence-electron chi connectivity index (χ2n) is 2.86. The number of halogens is 1. The molecule has 1 N–H and O–H groups in total. The van der Waals surface area contributed by atoms with Gasteiger partial charge in [-0.1, -0.05) is 22.0 Å². The van der Waals surface area contributed by atoms with Crippen LogP contribution in [0.25, 0.3) is 0 Å². The third-order valence-electron chi connectivity index (χ3n) is 1.70. The number of aromatic carboxylic acids is 1. The van der Waals surface area contributed by atoms with Crippen LogP contribution < -0.4 is 4.74 Å². The molecule has 0 saturated heterocycles. The number of carbonyl (C=O) groups is 1. The summed E-state index contributed by atoms with van der Waals surface area (Å²) >= 11 is 3.28. The van der Waals surface area contributed by atoms with Crippen molar-refractivity contribution < 1.29 is 19.1 Å². The van der Waals surface area contributed by atoms with Crippen molar-refractivity contribution in [3.63, 3.8) is 0 Å². The fraction of sp³-hybridized carbons (Fsp3) is 0. The highest BCUT2D eigenvalue weighted by atomic mass is 79.9. The highest BCUT2D eigenvalue weighted by molar-refractivity contribution is 9.10. The van der Waals surface area contributed by atoms with E-state index in [1.165, 1.54) is 0 Å². The van der Waals surface area contributed by atoms with E-state index >= 15 is 0 Å². The van der Waals surface area contributed by atoms with Gasteiger partial charge in [0.1, 0.15) is 5.75 Å². The van der Waals surface area contributed by atoms with Gasteiger partial charge in [0.05, 0.1) is 6.20 Å². The van der Waals surface area contributed by atoms with Crippen molar-refractivity contribution in [3.8, 4) is 11.8 Å². The molecule has 5 nitrogen and oxygen atoms in total. The Balaban J connectivity index is 2.17. The SMILES string of the molecule is O=C(O)c1cnc(Oc2cccc(Br)c2)o1. The van der Waals surface area contributed by atoms with Gasteiger partial charge in [-0.25, -0.2) is 4.79 Å². The first kappa shape index (κ1) is 10.7. The second-order valence-corrected chi connectivity index (χ2v) is 3.77. The molecule has 2 aromatic rings. The van der Waals surface area contributed by atoms with Gasteiger partial charge in [0, 0.05) is 4.47 Å². The van der Waals surface area contributed by atoms with Gasteiger partial charge in [0.2, 0.25) is 5.76 Å². The highest BCUT2D eigenvalue weighted by Gasteiger charge is 2.11. The Hall–Kier alpha value is -1.82. The summed E-state index contributed by atoms with van der Waals surface area (Å²) < 4.78 is 10.9. The van der Waals surface area contributed by atoms with Crippen molar-refractivity contribution in [2.75, 3.05) is 0 Å². The van der Waals surface area contributed by atoms with Crippen molar-refractivity contribution in [1.82, 2.24) is 4.98 Å². The van der Waals surface area contributed by atoms with Crippen LogP contribution in [0.3, 0.4) is 0 Å². The summed E-state index contributed by atoms with van der Waals surface area (Å²) in [5.41, 5.74) is 0. The van der Waals surface area contributed by atoms with Gasteiger partial charge >= 0.3 is 12.0 Å². The number of oxazole rings is 1. The van der Waals surface area contributed by atoms with Crippen LogP contribution in [0.15, 0.2) is 39.4 Å². The smallest absolute Gasteiger partial charge is 0.399 e. The lowest BCUT2D eigenvalue weighted by Gasteiger charge is -1.99. The van der Waals surface area contributed by atoms with Gasteiger partial charge in [-0.2, -0.15) is 4.98 Å². The largest absolute Gasteiger partial charge is 0.475 e. The topological polar surface area (TPSA) is 72.6 Å². The van der Waals surface area contributed by atoms with Gasteiger partial charge in [0.25, 0.3) is 0 Å². The molecule has 0 radical (unpaired) electrons. The number of ether oxygens (including phenoxy) is 1. The van der Waals surface area contributed by atoms with E-state index in [9.17, 15) is 4.79 Å². The van der Waals surface area contributed by atoms with Crippen molar-refractivity contribution >= 4 is 21.9 Å². The van der Waals surface area contributed by atoms with E-state index in [0.29, 0.717) is 5.75 Å². The molecule has 1 aromatic carbocycles. The molecular formula is C10H6BrNO4. The molecule has 0 spiro atoms. The predicted octanol–water partition coefficient (Wildman–Crippen LogP) is 2.93. The van der Waals surface area contributed by atoms with Crippen LogP contribution in [0, 0.1) is 0 Å². The molecule has 0 bridgehead atoms. The van der Waals surface area contributed by atoms with Crippen molar-refractivity contribution in [2.45, 2.75) is 0 Å². The highest BCUT2D eigenvalue weighted by Crippen LogP contribution is 2.23. The van der Waals surface area contributed by atoms with E-state index in [0.717, 1.165) is 10.7 Å². The van der Waals surface area contributed by atoms with Crippen molar-refractivity contribution in [1.29, 1.82) is 0 Å². The van der Waals surface area contributed by atoms with E-state index in [1.807, 2.05) is 6.07 Å². The molecule has 1 heterocycles. The summed E-state index contributed by atoms with van der Waals surface area (Å²) in [6, 6.07) is 7.03. The first-order valence-corrected chi connectivity index (χ1v) is 5.07. The molecule has 0 aliphatic carbocycles. The van der Waals surface area contributed by atoms with Gasteiger partial charge in [-0.15, -0.1) is 0 Å². The summed E-state index contributed by atoms with van der Waals surface area (Å²) in [6.07, 6.45) is 0.992. The molecule has 0 aliphatic rings. The van der Waals surface area contributed by atoms with E-state index in [1.54, 1.807) is 18.2 Å². The maximum atomic E-state index is 10.5. The quantitative estimate of drug-likeness (QED) is 0.938. The molecule has 0 saturated carbocycles. The van der Waals surface area contributed by atoms with Crippen LogP contribution in [0.4, 0.5) is 0 Å². The van der Waals surface area contributed by atoms with Gasteiger partial charge < -0.3 is 14.3 Å². The van der Waals surface area contributed by atoms with Crippen molar-refractivity contribution in [2.24, 2.45) is 0 Å². The van der Waals surface area contributed by atoms with E-state index in [-0.39, 0.29) is 11.8 Å². The number of rotatable bonds is 3. The van der Waals surface area contributed by atoms with Crippen LogP contribution in [-0.4, -0.2) is 16.1 Å². The maximum Gasteiger partial charge on any atom is 0.399 e. The number of nitrogens with zero attached hydrogens (tertiary/aromatic N) is 1. The van der Waals surface area contributed by atoms with Crippen LogP contribution in [-0.2, 0) is 0 Å². The molecule has 0 atom stereocenters. The molecular weight excluding hydrogens is 278 g/mol. The molecule has 2 rings (SSSR count). The lowest BCUT2D eigenvalue weighted by Crippen LogP contribution is -1.91. The van der Waals surface area contributed by atoms with E-state index in [2.05, 4.69) is 20.9 Å². The zero-order valence-electron chi connectivity index (χ0n) is 7.88. The Morgan fingerprint density at radius 3 is 2.94 bits per heavy atom. The van der Waals surface area contributed by atoms with Gasteiger partial charge in [-0.05, 0) is 18.2 Å². The summed E-state index contributed by atoms with van der Waals surface area (Å²) in [7, 11) is 0. The number of hydrogen-bond donors (Lipinski definition) is 1. The Morgan fingerprint density at radius 1 is 1.50 bits per heavy atom. The van der Waals surface area contributed by atoms with E-state index < -0.39 is 5.97 Å². The summed E-state index contributed by atoms with van der Waals surface area (Å²) in [5.74, 6) is -0.935. The van der Waals surface area contributed by atoms with Gasteiger partial charge in [-0.3, -0.25) is 0 Å². The standard InChI is InChI=1S/C10H6BrNO4/c11-6-2-1-3-7(4-6)15-10-12-5-8(16-10)9(13)14/h1-5H,(H,13,14). The molecule has 0 aliphatic heterocycles. The number of benzene rings is 1. The molecule has 1 aromatic heterocycles. The number of carboxylic acid groups (broad SMARTS) is 1. The molecule has 82 valence electrons. The summed E-state index contributed by atoms with van der Waals surface area (Å²) in [6.45, 7) is 0. The first-order chi connectivity index (χ1) is 7.65. The van der Waals surface area contributed by atoms with Crippen LogP contribution in [0.1, 0.15) is 10.6 Å². The lowest BCUT2D eigenvalue weighted by atomic mass is 10.3. The molecule has 6 heteroatoms. The number of carboxylic acids is 1. The summed E-state index contributed by atoms with van der Waals surface area (Å²) in [5, 5.41) is 8.61. The minimum atomic E-state index is -1.18. The average Bonchev–Trinajstić information content (AvgIpc) is 2.66. The zero-order chi connectivity index (χ0) is 11.5. The second kappa shape index (κ2) is 4.36. The normalized spacial score (nSPS) is 10.1. The molecule has 0 amide bonds. The van der Waals surface area contributed by atoms with Crippen LogP contribution in [0.2, 0.25) is 0 Å². The Morgan fingerprint density at radius 2 is 2.31 bits per heavy atom. The minimum Gasteiger partial charge on any atom is -0.475 e. The van der Waals surface area contributed by atoms with Crippen LogP contribution in [0.5, 0.6) is 11.8 Å². The maximum absolute atomic E-state index is 10.5. The minimum absolute atomic E-state index is 0.101. The first-order valence-electron chi connectivity index (χ1n) is 4.28. The predicted molar refractivity (Wildman–Crippen MR) is 57.7 cm³/mol. The van der Waals surface area contributed by atoms with Crippen molar-refractivity contribution in [3.05, 3.63) is 40.7 Å². The van der Waals surface area contributed by atoms with Gasteiger partial charge in [0.15, 0.2) is 0 Å². The lowest BCUT2D eigenvalue weighted by molar-refractivity contribution is 0.0657. The Labute approximate surface area is 98.8 Å². The van der Waals surface area contributed by atoms with Crippen LogP contribution >= 0.6 is 15.9 Å². The fourth-order valence-electron chi connectivity index (χ4n) is 1.04. The Kier molecular flexibility index (Phi) is 2.91. The fourth-order valence-corrected chi connectivity index (χ4v) is 1.41. The zero-order valence-corrected chi connectivity index (χ0v) is 9.47. The number of aromatic nitrogens is 1. The average molecular weight is 284 g/mol. The monoisotopic (exact) mass is 283 g/mol. The molecule has 0 unspecified atom stereocenters. The number of hydrogen-bond acceptors (Lipinski definition) is 4. The third-order valence-corrected chi connectivity index (χ3v) is 2.19.